The maximum Gasteiger partial charge on any atom is 0.233 e. The molecule has 1 aliphatic rings. The van der Waals surface area contributed by atoms with Crippen LogP contribution >= 0.6 is 11.3 Å². The number of thiazole rings is 1. The summed E-state index contributed by atoms with van der Waals surface area (Å²) in [6.07, 6.45) is 0.366. The molecule has 4 rings (SSSR count). The summed E-state index contributed by atoms with van der Waals surface area (Å²) in [7, 11) is 0. The average molecular weight is 440 g/mol. The van der Waals surface area contributed by atoms with Gasteiger partial charge in [0.2, 0.25) is 5.91 Å². The van der Waals surface area contributed by atoms with Crippen LogP contribution in [0.1, 0.15) is 18.1 Å². The summed E-state index contributed by atoms with van der Waals surface area (Å²) >= 11 is 1.54. The van der Waals surface area contributed by atoms with E-state index in [0.29, 0.717) is 19.6 Å². The highest BCUT2D eigenvalue weighted by Crippen LogP contribution is 2.32. The zero-order chi connectivity index (χ0) is 21.6. The molecule has 1 aromatic heterocycles. The fraction of sp³-hybridized carbons (Fsp3) is 0.417. The molecule has 164 valence electrons. The van der Waals surface area contributed by atoms with E-state index in [1.54, 1.807) is 11.3 Å². The highest BCUT2D eigenvalue weighted by atomic mass is 32.1. The van der Waals surface area contributed by atoms with Gasteiger partial charge in [-0.15, -0.1) is 0 Å². The minimum Gasteiger partial charge on any atom is -0.494 e. The van der Waals surface area contributed by atoms with Crippen LogP contribution in [-0.4, -0.2) is 61.8 Å². The normalized spacial score (nSPS) is 14.6. The third kappa shape index (κ3) is 5.61. The van der Waals surface area contributed by atoms with Gasteiger partial charge in [-0.25, -0.2) is 4.98 Å². The second-order valence-corrected chi connectivity index (χ2v) is 8.73. The SMILES string of the molecule is CCOc1ccc2nc(N(CCN3CCOCC3)C(=O)Cc3cccc(C)c3)sc2c1. The lowest BCUT2D eigenvalue weighted by Crippen LogP contribution is -2.43. The Morgan fingerprint density at radius 2 is 2.06 bits per heavy atom. The summed E-state index contributed by atoms with van der Waals surface area (Å²) in [6.45, 7) is 9.36. The number of hydrogen-bond donors (Lipinski definition) is 0. The zero-order valence-electron chi connectivity index (χ0n) is 18.2. The van der Waals surface area contributed by atoms with E-state index >= 15 is 0 Å². The number of morpholine rings is 1. The van der Waals surface area contributed by atoms with Gasteiger partial charge in [-0.05, 0) is 37.6 Å². The van der Waals surface area contributed by atoms with Gasteiger partial charge in [0.05, 0.1) is 36.5 Å². The number of benzene rings is 2. The molecule has 0 N–H and O–H groups in total. The van der Waals surface area contributed by atoms with Crippen molar-refractivity contribution in [2.75, 3.05) is 50.9 Å². The molecule has 0 saturated carbocycles. The van der Waals surface area contributed by atoms with Crippen molar-refractivity contribution in [3.05, 3.63) is 53.6 Å². The third-order valence-electron chi connectivity index (χ3n) is 5.37. The Kier molecular flexibility index (Phi) is 7.17. The summed E-state index contributed by atoms with van der Waals surface area (Å²) in [5.74, 6) is 0.902. The fourth-order valence-corrected chi connectivity index (χ4v) is 4.79. The van der Waals surface area contributed by atoms with E-state index < -0.39 is 0 Å². The molecule has 0 spiro atoms. The number of anilines is 1. The molecule has 1 amide bonds. The second kappa shape index (κ2) is 10.2. The van der Waals surface area contributed by atoms with E-state index in [1.165, 1.54) is 0 Å². The first-order chi connectivity index (χ1) is 15.1. The van der Waals surface area contributed by atoms with Crippen LogP contribution in [0.25, 0.3) is 10.2 Å². The predicted molar refractivity (Wildman–Crippen MR) is 125 cm³/mol. The van der Waals surface area contributed by atoms with Crippen LogP contribution in [0.4, 0.5) is 5.13 Å². The van der Waals surface area contributed by atoms with Crippen molar-refractivity contribution >= 4 is 32.6 Å². The first-order valence-electron chi connectivity index (χ1n) is 10.8. The van der Waals surface area contributed by atoms with Crippen LogP contribution in [0.5, 0.6) is 5.75 Å². The zero-order valence-corrected chi connectivity index (χ0v) is 19.0. The minimum atomic E-state index is 0.0722. The number of aromatic nitrogens is 1. The third-order valence-corrected chi connectivity index (χ3v) is 6.41. The Balaban J connectivity index is 1.57. The minimum absolute atomic E-state index is 0.0722. The Bertz CT molecular complexity index is 1030. The van der Waals surface area contributed by atoms with Crippen molar-refractivity contribution in [3.63, 3.8) is 0 Å². The van der Waals surface area contributed by atoms with Crippen molar-refractivity contribution in [1.82, 2.24) is 9.88 Å². The van der Waals surface area contributed by atoms with E-state index in [2.05, 4.69) is 11.0 Å². The molecule has 1 saturated heterocycles. The molecule has 0 aliphatic carbocycles. The maximum atomic E-state index is 13.4. The van der Waals surface area contributed by atoms with Gasteiger partial charge in [-0.3, -0.25) is 14.6 Å². The van der Waals surface area contributed by atoms with Gasteiger partial charge in [0.1, 0.15) is 5.75 Å². The molecule has 0 bridgehead atoms. The van der Waals surface area contributed by atoms with Crippen LogP contribution in [-0.2, 0) is 16.0 Å². The Morgan fingerprint density at radius 3 is 2.84 bits per heavy atom. The van der Waals surface area contributed by atoms with Gasteiger partial charge in [-0.2, -0.15) is 0 Å². The van der Waals surface area contributed by atoms with Gasteiger partial charge in [0.15, 0.2) is 5.13 Å². The molecule has 6 nitrogen and oxygen atoms in total. The van der Waals surface area contributed by atoms with E-state index in [0.717, 1.165) is 65.1 Å². The van der Waals surface area contributed by atoms with E-state index in [9.17, 15) is 4.79 Å². The Morgan fingerprint density at radius 1 is 1.23 bits per heavy atom. The molecule has 2 heterocycles. The topological polar surface area (TPSA) is 54.9 Å². The number of hydrogen-bond acceptors (Lipinski definition) is 6. The Labute approximate surface area is 187 Å². The molecule has 3 aromatic rings. The number of carbonyl (C=O) groups excluding carboxylic acids is 1. The van der Waals surface area contributed by atoms with Crippen LogP contribution < -0.4 is 9.64 Å². The molecule has 0 unspecified atom stereocenters. The number of rotatable bonds is 8. The summed E-state index contributed by atoms with van der Waals surface area (Å²) in [4.78, 5) is 22.3. The lowest BCUT2D eigenvalue weighted by molar-refractivity contribution is -0.118. The van der Waals surface area contributed by atoms with Crippen molar-refractivity contribution in [2.24, 2.45) is 0 Å². The quantitative estimate of drug-likeness (QED) is 0.533. The number of fused-ring (bicyclic) bond motifs is 1. The van der Waals surface area contributed by atoms with Crippen LogP contribution in [0.15, 0.2) is 42.5 Å². The van der Waals surface area contributed by atoms with E-state index in [-0.39, 0.29) is 5.91 Å². The lowest BCUT2D eigenvalue weighted by Gasteiger charge is -2.29. The largest absolute Gasteiger partial charge is 0.494 e. The van der Waals surface area contributed by atoms with Crippen LogP contribution in [0, 0.1) is 6.92 Å². The predicted octanol–water partition coefficient (Wildman–Crippen LogP) is 3.91. The monoisotopic (exact) mass is 439 g/mol. The number of ether oxygens (including phenoxy) is 2. The van der Waals surface area contributed by atoms with Crippen LogP contribution in [0.3, 0.4) is 0 Å². The first-order valence-corrected chi connectivity index (χ1v) is 11.6. The molecule has 7 heteroatoms. The number of carbonyl (C=O) groups is 1. The standard InChI is InChI=1S/C24H29N3O3S/c1-3-30-20-7-8-21-22(17-20)31-24(25-21)27(10-9-26-11-13-29-14-12-26)23(28)16-19-6-4-5-18(2)15-19/h4-8,15,17H,3,9-14,16H2,1-2H3. The maximum absolute atomic E-state index is 13.4. The molecule has 2 aromatic carbocycles. The van der Waals surface area contributed by atoms with E-state index in [1.807, 2.05) is 55.1 Å². The summed E-state index contributed by atoms with van der Waals surface area (Å²) < 4.78 is 12.1. The number of aryl methyl sites for hydroxylation is 1. The summed E-state index contributed by atoms with van der Waals surface area (Å²) in [5.41, 5.74) is 3.08. The van der Waals surface area contributed by atoms with Crippen molar-refractivity contribution in [2.45, 2.75) is 20.3 Å². The van der Waals surface area contributed by atoms with Crippen molar-refractivity contribution < 1.29 is 14.3 Å². The highest BCUT2D eigenvalue weighted by Gasteiger charge is 2.22. The first kappa shape index (κ1) is 21.7. The number of nitrogens with zero attached hydrogens (tertiary/aromatic N) is 3. The van der Waals surface area contributed by atoms with Crippen molar-refractivity contribution in [3.8, 4) is 5.75 Å². The molecule has 1 aliphatic heterocycles. The van der Waals surface area contributed by atoms with Crippen LogP contribution in [0.2, 0.25) is 0 Å². The average Bonchev–Trinajstić information content (AvgIpc) is 3.18. The molecular formula is C24H29N3O3S. The van der Waals surface area contributed by atoms with Gasteiger partial charge in [0, 0.05) is 26.2 Å². The smallest absolute Gasteiger partial charge is 0.233 e. The number of amides is 1. The molecule has 0 radical (unpaired) electrons. The molecule has 31 heavy (non-hydrogen) atoms. The van der Waals surface area contributed by atoms with Gasteiger partial charge in [0.25, 0.3) is 0 Å². The molecule has 1 fully saturated rings. The lowest BCUT2D eigenvalue weighted by atomic mass is 10.1. The fourth-order valence-electron chi connectivity index (χ4n) is 3.75. The summed E-state index contributed by atoms with van der Waals surface area (Å²) in [5, 5.41) is 0.745. The van der Waals surface area contributed by atoms with Gasteiger partial charge in [-0.1, -0.05) is 41.2 Å². The van der Waals surface area contributed by atoms with Gasteiger partial charge >= 0.3 is 0 Å². The highest BCUT2D eigenvalue weighted by molar-refractivity contribution is 7.22. The van der Waals surface area contributed by atoms with E-state index in [4.69, 9.17) is 14.5 Å². The van der Waals surface area contributed by atoms with Crippen molar-refractivity contribution in [1.29, 1.82) is 0 Å². The summed E-state index contributed by atoms with van der Waals surface area (Å²) in [6, 6.07) is 14.0. The Hall–Kier alpha value is -2.48. The van der Waals surface area contributed by atoms with Gasteiger partial charge < -0.3 is 9.47 Å². The molecular weight excluding hydrogens is 410 g/mol. The molecule has 0 atom stereocenters. The second-order valence-electron chi connectivity index (χ2n) is 7.72.